The standard InChI is InChI=1S/C17H11ClN2O3S/c18-11-7-5-10(6-8-11)9-14-15(21)20-17(24-14)19-13-4-2-1-3-12(13)16(22)23/h1-9H,(H,22,23)(H,19,20,21)/b14-9-. The summed E-state index contributed by atoms with van der Waals surface area (Å²) >= 11 is 7.00. The average molecular weight is 359 g/mol. The summed E-state index contributed by atoms with van der Waals surface area (Å²) in [6, 6.07) is 13.5. The molecule has 2 aromatic rings. The van der Waals surface area contributed by atoms with Gasteiger partial charge in [-0.25, -0.2) is 9.79 Å². The molecule has 0 saturated carbocycles. The number of nitrogens with zero attached hydrogens (tertiary/aromatic N) is 1. The van der Waals surface area contributed by atoms with E-state index in [2.05, 4.69) is 10.3 Å². The van der Waals surface area contributed by atoms with Crippen molar-refractivity contribution in [2.24, 2.45) is 4.99 Å². The number of carbonyl (C=O) groups is 2. The molecule has 1 fully saturated rings. The van der Waals surface area contributed by atoms with Gasteiger partial charge in [-0.05, 0) is 47.7 Å². The summed E-state index contributed by atoms with van der Waals surface area (Å²) in [6.07, 6.45) is 1.72. The largest absolute Gasteiger partial charge is 0.478 e. The first-order valence-electron chi connectivity index (χ1n) is 6.90. The summed E-state index contributed by atoms with van der Waals surface area (Å²) in [5.74, 6) is -1.34. The van der Waals surface area contributed by atoms with Crippen molar-refractivity contribution in [3.63, 3.8) is 0 Å². The SMILES string of the molecule is O=C1NC(=Nc2ccccc2C(=O)O)S/C1=C\c1ccc(Cl)cc1. The highest BCUT2D eigenvalue weighted by Crippen LogP contribution is 2.29. The number of hydrogen-bond donors (Lipinski definition) is 2. The van der Waals surface area contributed by atoms with Crippen LogP contribution in [0.25, 0.3) is 6.08 Å². The molecule has 0 spiro atoms. The van der Waals surface area contributed by atoms with E-state index in [4.69, 9.17) is 11.6 Å². The quantitative estimate of drug-likeness (QED) is 0.815. The molecule has 1 saturated heterocycles. The fourth-order valence-corrected chi connectivity index (χ4v) is 3.01. The molecule has 1 heterocycles. The lowest BCUT2D eigenvalue weighted by molar-refractivity contribution is -0.115. The van der Waals surface area contributed by atoms with Crippen molar-refractivity contribution in [3.05, 3.63) is 69.6 Å². The number of halogens is 1. The van der Waals surface area contributed by atoms with Crippen molar-refractivity contribution < 1.29 is 14.7 Å². The molecular formula is C17H11ClN2O3S. The van der Waals surface area contributed by atoms with Crippen molar-refractivity contribution in [1.29, 1.82) is 0 Å². The zero-order chi connectivity index (χ0) is 17.1. The number of hydrogen-bond acceptors (Lipinski definition) is 4. The van der Waals surface area contributed by atoms with Crippen LogP contribution in [0.3, 0.4) is 0 Å². The van der Waals surface area contributed by atoms with Crippen molar-refractivity contribution in [2.75, 3.05) is 0 Å². The predicted molar refractivity (Wildman–Crippen MR) is 95.7 cm³/mol. The van der Waals surface area contributed by atoms with E-state index in [1.165, 1.54) is 6.07 Å². The van der Waals surface area contributed by atoms with Crippen molar-refractivity contribution >= 4 is 52.2 Å². The fourth-order valence-electron chi connectivity index (χ4n) is 2.05. The van der Waals surface area contributed by atoms with Crippen molar-refractivity contribution in [3.8, 4) is 0 Å². The van der Waals surface area contributed by atoms with Crippen LogP contribution in [0.2, 0.25) is 5.02 Å². The van der Waals surface area contributed by atoms with E-state index >= 15 is 0 Å². The van der Waals surface area contributed by atoms with Crippen molar-refractivity contribution in [1.82, 2.24) is 5.32 Å². The molecule has 3 rings (SSSR count). The summed E-state index contributed by atoms with van der Waals surface area (Å²) in [4.78, 5) is 28.0. The zero-order valence-electron chi connectivity index (χ0n) is 12.2. The molecular weight excluding hydrogens is 348 g/mol. The maximum Gasteiger partial charge on any atom is 0.337 e. The fraction of sp³-hybridized carbons (Fsp3) is 0. The zero-order valence-corrected chi connectivity index (χ0v) is 13.8. The van der Waals surface area contributed by atoms with E-state index in [0.29, 0.717) is 20.8 Å². The van der Waals surface area contributed by atoms with Crippen LogP contribution in [0.4, 0.5) is 5.69 Å². The van der Waals surface area contributed by atoms with Crippen LogP contribution in [0.1, 0.15) is 15.9 Å². The highest BCUT2D eigenvalue weighted by atomic mass is 35.5. The van der Waals surface area contributed by atoms with Gasteiger partial charge in [0.05, 0.1) is 16.2 Å². The summed E-state index contributed by atoms with van der Waals surface area (Å²) in [7, 11) is 0. The first-order valence-corrected chi connectivity index (χ1v) is 8.10. The lowest BCUT2D eigenvalue weighted by Gasteiger charge is -2.00. The normalized spacial score (nSPS) is 17.3. The lowest BCUT2D eigenvalue weighted by Crippen LogP contribution is -2.19. The van der Waals surface area contributed by atoms with Gasteiger partial charge in [0, 0.05) is 5.02 Å². The van der Waals surface area contributed by atoms with Gasteiger partial charge in [-0.15, -0.1) is 0 Å². The highest BCUT2D eigenvalue weighted by molar-refractivity contribution is 8.18. The molecule has 0 aromatic heterocycles. The van der Waals surface area contributed by atoms with Crippen LogP contribution < -0.4 is 5.32 Å². The minimum absolute atomic E-state index is 0.0787. The molecule has 5 nitrogen and oxygen atoms in total. The number of amidine groups is 1. The third-order valence-corrected chi connectivity index (χ3v) is 4.34. The Hall–Kier alpha value is -2.57. The Balaban J connectivity index is 1.87. The Bertz CT molecular complexity index is 876. The number of thioether (sulfide) groups is 1. The van der Waals surface area contributed by atoms with Gasteiger partial charge in [-0.1, -0.05) is 35.9 Å². The topological polar surface area (TPSA) is 78.8 Å². The average Bonchev–Trinajstić information content (AvgIpc) is 2.89. The number of aromatic carboxylic acids is 1. The molecule has 120 valence electrons. The Morgan fingerprint density at radius 2 is 1.88 bits per heavy atom. The van der Waals surface area contributed by atoms with E-state index in [1.807, 2.05) is 0 Å². The summed E-state index contributed by atoms with van der Waals surface area (Å²) in [6.45, 7) is 0. The number of rotatable bonds is 3. The molecule has 0 bridgehead atoms. The first kappa shape index (κ1) is 16.3. The van der Waals surface area contributed by atoms with Gasteiger partial charge in [0.1, 0.15) is 0 Å². The third-order valence-electron chi connectivity index (χ3n) is 3.18. The van der Waals surface area contributed by atoms with E-state index in [1.54, 1.807) is 48.5 Å². The van der Waals surface area contributed by atoms with Crippen LogP contribution in [-0.2, 0) is 4.79 Å². The maximum atomic E-state index is 12.0. The number of para-hydroxylation sites is 1. The van der Waals surface area contributed by atoms with E-state index in [-0.39, 0.29) is 11.5 Å². The van der Waals surface area contributed by atoms with E-state index in [0.717, 1.165) is 17.3 Å². The Morgan fingerprint density at radius 3 is 2.58 bits per heavy atom. The molecule has 2 aromatic carbocycles. The molecule has 24 heavy (non-hydrogen) atoms. The monoisotopic (exact) mass is 358 g/mol. The minimum atomic E-state index is -1.07. The number of benzene rings is 2. The summed E-state index contributed by atoms with van der Waals surface area (Å²) in [5.41, 5.74) is 1.21. The molecule has 1 amide bonds. The van der Waals surface area contributed by atoms with Gasteiger partial charge < -0.3 is 10.4 Å². The second-order valence-corrected chi connectivity index (χ2v) is 6.32. The number of carbonyl (C=O) groups excluding carboxylic acids is 1. The van der Waals surface area contributed by atoms with Crippen LogP contribution >= 0.6 is 23.4 Å². The minimum Gasteiger partial charge on any atom is -0.478 e. The highest BCUT2D eigenvalue weighted by Gasteiger charge is 2.24. The molecule has 0 unspecified atom stereocenters. The number of aliphatic imine (C=N–C) groups is 1. The maximum absolute atomic E-state index is 12.0. The number of amides is 1. The van der Waals surface area contributed by atoms with Gasteiger partial charge in [-0.2, -0.15) is 0 Å². The van der Waals surface area contributed by atoms with Gasteiger partial charge in [0.15, 0.2) is 5.17 Å². The lowest BCUT2D eigenvalue weighted by atomic mass is 10.2. The van der Waals surface area contributed by atoms with Crippen LogP contribution in [0.15, 0.2) is 58.4 Å². The smallest absolute Gasteiger partial charge is 0.337 e. The van der Waals surface area contributed by atoms with Gasteiger partial charge in [-0.3, -0.25) is 4.79 Å². The molecule has 1 aliphatic rings. The second-order valence-electron chi connectivity index (χ2n) is 4.86. The van der Waals surface area contributed by atoms with Crippen LogP contribution in [-0.4, -0.2) is 22.2 Å². The summed E-state index contributed by atoms with van der Waals surface area (Å²) in [5, 5.41) is 12.8. The molecule has 0 atom stereocenters. The molecule has 1 aliphatic heterocycles. The van der Waals surface area contributed by atoms with Crippen LogP contribution in [0.5, 0.6) is 0 Å². The Kier molecular flexibility index (Phi) is 4.69. The number of carboxylic acid groups (broad SMARTS) is 1. The van der Waals surface area contributed by atoms with Crippen LogP contribution in [0, 0.1) is 0 Å². The third kappa shape index (κ3) is 3.67. The second kappa shape index (κ2) is 6.90. The first-order chi connectivity index (χ1) is 11.5. The Morgan fingerprint density at radius 1 is 1.17 bits per heavy atom. The predicted octanol–water partition coefficient (Wildman–Crippen LogP) is 3.93. The number of nitrogens with one attached hydrogen (secondary N) is 1. The van der Waals surface area contributed by atoms with Gasteiger partial charge in [0.25, 0.3) is 5.91 Å². The van der Waals surface area contributed by atoms with E-state index in [9.17, 15) is 14.7 Å². The summed E-state index contributed by atoms with van der Waals surface area (Å²) < 4.78 is 0. The Labute approximate surface area is 147 Å². The molecule has 7 heteroatoms. The number of carboxylic acids is 1. The van der Waals surface area contributed by atoms with Gasteiger partial charge >= 0.3 is 5.97 Å². The van der Waals surface area contributed by atoms with Gasteiger partial charge in [0.2, 0.25) is 0 Å². The van der Waals surface area contributed by atoms with Crippen molar-refractivity contribution in [2.45, 2.75) is 0 Å². The molecule has 0 radical (unpaired) electrons. The molecule has 0 aliphatic carbocycles. The molecule has 2 N–H and O–H groups in total. The van der Waals surface area contributed by atoms with E-state index < -0.39 is 5.97 Å².